The SMILES string of the molecule is CC(=O)NC(=O)C=S=O. The van der Waals surface area contributed by atoms with Gasteiger partial charge in [0.15, 0.2) is 0 Å². The molecule has 50 valence electrons. The van der Waals surface area contributed by atoms with E-state index in [1.54, 1.807) is 0 Å². The molecule has 0 aliphatic rings. The molecule has 0 saturated heterocycles. The van der Waals surface area contributed by atoms with E-state index in [1.165, 1.54) is 6.92 Å². The van der Waals surface area contributed by atoms with Crippen LogP contribution in [-0.2, 0) is 20.8 Å². The second kappa shape index (κ2) is 3.96. The summed E-state index contributed by atoms with van der Waals surface area (Å²) in [6, 6.07) is 0. The van der Waals surface area contributed by atoms with Crippen molar-refractivity contribution in [3.05, 3.63) is 0 Å². The third kappa shape index (κ3) is 4.89. The zero-order valence-corrected chi connectivity index (χ0v) is 5.53. The highest BCUT2D eigenvalue weighted by Gasteiger charge is 1.95. The number of carbonyl (C=O) groups excluding carboxylic acids is 2. The van der Waals surface area contributed by atoms with Gasteiger partial charge in [0, 0.05) is 6.92 Å². The van der Waals surface area contributed by atoms with Crippen LogP contribution in [0.4, 0.5) is 0 Å². The number of nitrogens with one attached hydrogen (secondary N) is 1. The summed E-state index contributed by atoms with van der Waals surface area (Å²) in [5.74, 6) is -1.13. The molecule has 0 fully saturated rings. The zero-order chi connectivity index (χ0) is 7.28. The lowest BCUT2D eigenvalue weighted by Gasteiger charge is -1.88. The van der Waals surface area contributed by atoms with E-state index in [1.807, 2.05) is 5.32 Å². The molecular formula is C4H5NO3S. The Hall–Kier alpha value is -0.970. The largest absolute Gasteiger partial charge is 0.292 e. The maximum Gasteiger partial charge on any atom is 0.263 e. The maximum absolute atomic E-state index is 10.2. The van der Waals surface area contributed by atoms with E-state index in [2.05, 4.69) is 0 Å². The summed E-state index contributed by atoms with van der Waals surface area (Å²) in [4.78, 5) is 20.3. The molecule has 0 heterocycles. The quantitative estimate of drug-likeness (QED) is 0.467. The summed E-state index contributed by atoms with van der Waals surface area (Å²) in [7, 11) is 0. The Balaban J connectivity index is 3.78. The van der Waals surface area contributed by atoms with Crippen LogP contribution >= 0.6 is 0 Å². The van der Waals surface area contributed by atoms with Gasteiger partial charge in [-0.2, -0.15) is 0 Å². The van der Waals surface area contributed by atoms with Crippen LogP contribution in [0.5, 0.6) is 0 Å². The molecule has 0 bridgehead atoms. The number of amides is 2. The van der Waals surface area contributed by atoms with E-state index < -0.39 is 11.8 Å². The minimum Gasteiger partial charge on any atom is -0.292 e. The van der Waals surface area contributed by atoms with Crippen molar-refractivity contribution < 1.29 is 13.8 Å². The fourth-order valence-electron chi connectivity index (χ4n) is 0.247. The zero-order valence-electron chi connectivity index (χ0n) is 4.71. The van der Waals surface area contributed by atoms with E-state index in [0.29, 0.717) is 0 Å². The van der Waals surface area contributed by atoms with E-state index in [9.17, 15) is 13.8 Å². The van der Waals surface area contributed by atoms with E-state index in [-0.39, 0.29) is 11.3 Å². The fourth-order valence-corrected chi connectivity index (χ4v) is 0.393. The normalized spacial score (nSPS) is 7.67. The molecule has 0 saturated carbocycles. The molecule has 9 heavy (non-hydrogen) atoms. The summed E-state index contributed by atoms with van der Waals surface area (Å²) in [6.45, 7) is 1.20. The van der Waals surface area contributed by atoms with Gasteiger partial charge in [-0.1, -0.05) is 0 Å². The van der Waals surface area contributed by atoms with Crippen LogP contribution in [0.1, 0.15) is 6.92 Å². The van der Waals surface area contributed by atoms with Crippen molar-refractivity contribution in [3.8, 4) is 0 Å². The highest BCUT2D eigenvalue weighted by Crippen LogP contribution is 1.58. The van der Waals surface area contributed by atoms with Crippen LogP contribution < -0.4 is 5.32 Å². The molecule has 0 aromatic heterocycles. The number of rotatable bonds is 1. The Bertz CT molecular complexity index is 182. The molecule has 0 unspecified atom stereocenters. The highest BCUT2D eigenvalue weighted by atomic mass is 32.1. The van der Waals surface area contributed by atoms with Crippen molar-refractivity contribution in [2.45, 2.75) is 6.92 Å². The smallest absolute Gasteiger partial charge is 0.263 e. The predicted molar refractivity (Wildman–Crippen MR) is 33.0 cm³/mol. The molecule has 5 heteroatoms. The Morgan fingerprint density at radius 2 is 2.11 bits per heavy atom. The lowest BCUT2D eigenvalue weighted by Crippen LogP contribution is -2.28. The Labute approximate surface area is 55.3 Å². The summed E-state index contributed by atoms with van der Waals surface area (Å²) in [5, 5.41) is 2.67. The minimum absolute atomic E-state index is 0.0125. The third-order valence-corrected chi connectivity index (χ3v) is 0.765. The second-order valence-corrected chi connectivity index (χ2v) is 1.69. The van der Waals surface area contributed by atoms with Crippen molar-refractivity contribution in [2.24, 2.45) is 0 Å². The Kier molecular flexibility index (Phi) is 3.54. The van der Waals surface area contributed by atoms with Crippen molar-refractivity contribution in [1.29, 1.82) is 0 Å². The van der Waals surface area contributed by atoms with Crippen LogP contribution in [0, 0.1) is 0 Å². The maximum atomic E-state index is 10.2. The molecule has 0 radical (unpaired) electrons. The first-order chi connectivity index (χ1) is 4.16. The first-order valence-corrected chi connectivity index (χ1v) is 2.90. The number of hydrogen-bond acceptors (Lipinski definition) is 3. The molecule has 0 spiro atoms. The van der Waals surface area contributed by atoms with Crippen molar-refractivity contribution >= 4 is 28.4 Å². The van der Waals surface area contributed by atoms with Gasteiger partial charge >= 0.3 is 0 Å². The first-order valence-electron chi connectivity index (χ1n) is 2.10. The monoisotopic (exact) mass is 147 g/mol. The average molecular weight is 147 g/mol. The van der Waals surface area contributed by atoms with Crippen LogP contribution in [-0.4, -0.2) is 21.4 Å². The Morgan fingerprint density at radius 3 is 2.44 bits per heavy atom. The molecule has 0 aliphatic carbocycles. The number of carbonyl (C=O) groups is 2. The molecular weight excluding hydrogens is 142 g/mol. The van der Waals surface area contributed by atoms with Crippen LogP contribution in [0.25, 0.3) is 0 Å². The summed E-state index contributed by atoms with van der Waals surface area (Å²) in [5.41, 5.74) is 0. The van der Waals surface area contributed by atoms with Crippen molar-refractivity contribution in [2.75, 3.05) is 0 Å². The van der Waals surface area contributed by atoms with Gasteiger partial charge in [0.05, 0.1) is 16.6 Å². The summed E-state index contributed by atoms with van der Waals surface area (Å²) >= 11 is 0.0125. The van der Waals surface area contributed by atoms with Crippen molar-refractivity contribution in [3.63, 3.8) is 0 Å². The van der Waals surface area contributed by atoms with Crippen LogP contribution in [0.15, 0.2) is 0 Å². The molecule has 0 aromatic carbocycles. The molecule has 0 aliphatic heterocycles. The summed E-state index contributed by atoms with van der Waals surface area (Å²) < 4.78 is 9.61. The van der Waals surface area contributed by atoms with Gasteiger partial charge in [-0.05, 0) is 0 Å². The van der Waals surface area contributed by atoms with Gasteiger partial charge in [0.2, 0.25) is 5.91 Å². The van der Waals surface area contributed by atoms with E-state index in [4.69, 9.17) is 0 Å². The predicted octanol–water partition coefficient (Wildman–Crippen LogP) is -1.34. The number of imide groups is 1. The first kappa shape index (κ1) is 8.03. The Morgan fingerprint density at radius 1 is 1.56 bits per heavy atom. The van der Waals surface area contributed by atoms with Gasteiger partial charge < -0.3 is 0 Å². The summed E-state index contributed by atoms with van der Waals surface area (Å²) in [6.07, 6.45) is 0. The fraction of sp³-hybridized carbons (Fsp3) is 0.250. The molecule has 4 nitrogen and oxygen atoms in total. The lowest BCUT2D eigenvalue weighted by molar-refractivity contribution is -0.125. The molecule has 0 rings (SSSR count). The van der Waals surface area contributed by atoms with Gasteiger partial charge in [0.1, 0.15) is 0 Å². The van der Waals surface area contributed by atoms with Crippen LogP contribution in [0.2, 0.25) is 0 Å². The third-order valence-electron chi connectivity index (χ3n) is 0.454. The molecule has 1 N–H and O–H groups in total. The average Bonchev–Trinajstić information content (AvgIpc) is 1.63. The van der Waals surface area contributed by atoms with Crippen LogP contribution in [0.3, 0.4) is 0 Å². The molecule has 0 aromatic rings. The number of hydrogen-bond donors (Lipinski definition) is 1. The molecule has 2 amide bonds. The van der Waals surface area contributed by atoms with Gasteiger partial charge in [-0.15, -0.1) is 0 Å². The highest BCUT2D eigenvalue weighted by molar-refractivity contribution is 7.66. The van der Waals surface area contributed by atoms with Crippen molar-refractivity contribution in [1.82, 2.24) is 5.32 Å². The standard InChI is InChI=1S/C4H5NO3S/c1-3(6)5-4(7)2-9-8/h2H,1H3,(H,5,6,7). The second-order valence-electron chi connectivity index (χ2n) is 1.26. The topological polar surface area (TPSA) is 63.2 Å². The van der Waals surface area contributed by atoms with Gasteiger partial charge in [-0.3, -0.25) is 14.9 Å². The molecule has 0 atom stereocenters. The lowest BCUT2D eigenvalue weighted by atomic mass is 10.6. The van der Waals surface area contributed by atoms with Gasteiger partial charge in [0.25, 0.3) is 5.91 Å². The van der Waals surface area contributed by atoms with E-state index >= 15 is 0 Å². The minimum atomic E-state index is -0.664. The van der Waals surface area contributed by atoms with Gasteiger partial charge in [-0.25, -0.2) is 4.21 Å². The van der Waals surface area contributed by atoms with E-state index in [0.717, 1.165) is 5.37 Å².